The van der Waals surface area contributed by atoms with Crippen LogP contribution in [0.1, 0.15) is 19.3 Å². The molecule has 1 aliphatic rings. The molecule has 0 N–H and O–H groups in total. The van der Waals surface area contributed by atoms with Crippen molar-refractivity contribution in [1.29, 1.82) is 0 Å². The first kappa shape index (κ1) is 13.5. The van der Waals surface area contributed by atoms with E-state index in [-0.39, 0.29) is 23.4 Å². The van der Waals surface area contributed by atoms with Crippen molar-refractivity contribution in [1.82, 2.24) is 4.90 Å². The van der Waals surface area contributed by atoms with Gasteiger partial charge >= 0.3 is 5.97 Å². The summed E-state index contributed by atoms with van der Waals surface area (Å²) in [6.07, 6.45) is 2.39. The molecule has 1 fully saturated rings. The van der Waals surface area contributed by atoms with Crippen LogP contribution in [0.15, 0.2) is 24.3 Å². The highest BCUT2D eigenvalue weighted by molar-refractivity contribution is 5.73. The minimum atomic E-state index is -0.512. The first-order chi connectivity index (χ1) is 9.06. The van der Waals surface area contributed by atoms with E-state index in [0.717, 1.165) is 19.4 Å². The van der Waals surface area contributed by atoms with Crippen molar-refractivity contribution in [2.45, 2.75) is 25.3 Å². The Labute approximate surface area is 111 Å². The molecule has 19 heavy (non-hydrogen) atoms. The monoisotopic (exact) mass is 264 g/mol. The molecule has 1 aromatic rings. The van der Waals surface area contributed by atoms with E-state index in [1.54, 1.807) is 6.07 Å². The average molecular weight is 264 g/mol. The molecule has 0 radical (unpaired) electrons. The standard InChI is InChI=1S/C13H16N2O4/c1-14-7-3-5-10(14)9-13(16)19-12-6-2-4-11(8-12)15(17)18/h2,4,6,8,10H,3,5,7,9H2,1H3. The Morgan fingerprint density at radius 2 is 2.37 bits per heavy atom. The van der Waals surface area contributed by atoms with E-state index in [2.05, 4.69) is 4.90 Å². The van der Waals surface area contributed by atoms with Gasteiger partial charge in [0.05, 0.1) is 17.4 Å². The Hall–Kier alpha value is -1.95. The van der Waals surface area contributed by atoms with Gasteiger partial charge in [-0.15, -0.1) is 0 Å². The third-order valence-electron chi connectivity index (χ3n) is 3.33. The number of esters is 1. The second kappa shape index (κ2) is 5.79. The van der Waals surface area contributed by atoms with Gasteiger partial charge in [0.25, 0.3) is 5.69 Å². The maximum Gasteiger partial charge on any atom is 0.312 e. The number of nitro benzene ring substituents is 1. The first-order valence-electron chi connectivity index (χ1n) is 6.21. The van der Waals surface area contributed by atoms with Crippen molar-refractivity contribution < 1.29 is 14.5 Å². The Kier molecular flexibility index (Phi) is 4.11. The van der Waals surface area contributed by atoms with E-state index in [9.17, 15) is 14.9 Å². The van der Waals surface area contributed by atoms with Crippen molar-refractivity contribution in [2.24, 2.45) is 0 Å². The zero-order chi connectivity index (χ0) is 13.8. The topological polar surface area (TPSA) is 72.7 Å². The smallest absolute Gasteiger partial charge is 0.312 e. The highest BCUT2D eigenvalue weighted by Gasteiger charge is 2.24. The van der Waals surface area contributed by atoms with Gasteiger partial charge in [0.1, 0.15) is 5.75 Å². The van der Waals surface area contributed by atoms with Crippen molar-refractivity contribution in [3.05, 3.63) is 34.4 Å². The Morgan fingerprint density at radius 1 is 1.58 bits per heavy atom. The van der Waals surface area contributed by atoms with Crippen LogP contribution in [-0.4, -0.2) is 35.4 Å². The van der Waals surface area contributed by atoms with Crippen LogP contribution in [0, 0.1) is 10.1 Å². The highest BCUT2D eigenvalue weighted by Crippen LogP contribution is 2.22. The lowest BCUT2D eigenvalue weighted by Crippen LogP contribution is -2.28. The van der Waals surface area contributed by atoms with Crippen LogP contribution in [0.4, 0.5) is 5.69 Å². The molecule has 0 aliphatic carbocycles. The molecule has 1 saturated heterocycles. The van der Waals surface area contributed by atoms with Crippen LogP contribution in [0.25, 0.3) is 0 Å². The third-order valence-corrected chi connectivity index (χ3v) is 3.33. The van der Waals surface area contributed by atoms with Crippen molar-refractivity contribution in [2.75, 3.05) is 13.6 Å². The van der Waals surface area contributed by atoms with E-state index in [1.165, 1.54) is 18.2 Å². The number of nitrogens with zero attached hydrogens (tertiary/aromatic N) is 2. The second-order valence-corrected chi connectivity index (χ2v) is 4.71. The summed E-state index contributed by atoms with van der Waals surface area (Å²) in [5.41, 5.74) is -0.0803. The molecule has 1 aliphatic heterocycles. The van der Waals surface area contributed by atoms with E-state index in [0.29, 0.717) is 6.42 Å². The lowest BCUT2D eigenvalue weighted by Gasteiger charge is -2.18. The number of hydrogen-bond donors (Lipinski definition) is 0. The SMILES string of the molecule is CN1CCCC1CC(=O)Oc1cccc([N+](=O)[O-])c1. The van der Waals surface area contributed by atoms with E-state index >= 15 is 0 Å². The second-order valence-electron chi connectivity index (χ2n) is 4.71. The molecular weight excluding hydrogens is 248 g/mol. The predicted molar refractivity (Wildman–Crippen MR) is 69.0 cm³/mol. The quantitative estimate of drug-likeness (QED) is 0.360. The van der Waals surface area contributed by atoms with Gasteiger partial charge in [0.15, 0.2) is 0 Å². The predicted octanol–water partition coefficient (Wildman–Crippen LogP) is 1.98. The number of benzene rings is 1. The Balaban J connectivity index is 1.95. The number of likely N-dealkylation sites (tertiary alicyclic amines) is 1. The first-order valence-corrected chi connectivity index (χ1v) is 6.21. The molecule has 102 valence electrons. The normalized spacial score (nSPS) is 19.3. The van der Waals surface area contributed by atoms with E-state index < -0.39 is 4.92 Å². The van der Waals surface area contributed by atoms with Gasteiger partial charge in [-0.2, -0.15) is 0 Å². The Morgan fingerprint density at radius 3 is 3.00 bits per heavy atom. The number of non-ortho nitro benzene ring substituents is 1. The highest BCUT2D eigenvalue weighted by atomic mass is 16.6. The fourth-order valence-corrected chi connectivity index (χ4v) is 2.26. The zero-order valence-corrected chi connectivity index (χ0v) is 10.7. The number of carbonyl (C=O) groups is 1. The van der Waals surface area contributed by atoms with Crippen LogP contribution in [0.2, 0.25) is 0 Å². The molecule has 6 nitrogen and oxygen atoms in total. The molecule has 6 heteroatoms. The van der Waals surface area contributed by atoms with Crippen molar-refractivity contribution in [3.63, 3.8) is 0 Å². The molecule has 0 aromatic heterocycles. The van der Waals surface area contributed by atoms with Crippen molar-refractivity contribution in [3.8, 4) is 5.75 Å². The molecular formula is C13H16N2O4. The third kappa shape index (κ3) is 3.51. The largest absolute Gasteiger partial charge is 0.426 e. The molecule has 1 heterocycles. The van der Waals surface area contributed by atoms with Crippen LogP contribution < -0.4 is 4.74 Å². The van der Waals surface area contributed by atoms with E-state index in [4.69, 9.17) is 4.74 Å². The minimum Gasteiger partial charge on any atom is -0.426 e. The van der Waals surface area contributed by atoms with Gasteiger partial charge < -0.3 is 9.64 Å². The van der Waals surface area contributed by atoms with Gasteiger partial charge in [0, 0.05) is 12.1 Å². The molecule has 0 bridgehead atoms. The summed E-state index contributed by atoms with van der Waals surface area (Å²) in [5.74, 6) is -0.126. The number of carbonyl (C=O) groups excluding carboxylic acids is 1. The van der Waals surface area contributed by atoms with Crippen molar-refractivity contribution >= 4 is 11.7 Å². The fourth-order valence-electron chi connectivity index (χ4n) is 2.26. The molecule has 1 unspecified atom stereocenters. The fraction of sp³-hybridized carbons (Fsp3) is 0.462. The van der Waals surface area contributed by atoms with Gasteiger partial charge in [-0.25, -0.2) is 0 Å². The maximum atomic E-state index is 11.8. The lowest BCUT2D eigenvalue weighted by molar-refractivity contribution is -0.384. The van der Waals surface area contributed by atoms with Crippen LogP contribution >= 0.6 is 0 Å². The molecule has 2 rings (SSSR count). The van der Waals surface area contributed by atoms with Crippen LogP contribution in [0.3, 0.4) is 0 Å². The molecule has 1 aromatic carbocycles. The summed E-state index contributed by atoms with van der Waals surface area (Å²) >= 11 is 0. The zero-order valence-electron chi connectivity index (χ0n) is 10.7. The minimum absolute atomic E-state index is 0.0803. The summed E-state index contributed by atoms with van der Waals surface area (Å²) in [6, 6.07) is 5.88. The van der Waals surface area contributed by atoms with E-state index in [1.807, 2.05) is 7.05 Å². The number of rotatable bonds is 4. The summed E-state index contributed by atoms with van der Waals surface area (Å²) in [6.45, 7) is 0.995. The van der Waals surface area contributed by atoms with Gasteiger partial charge in [-0.1, -0.05) is 6.07 Å². The summed E-state index contributed by atoms with van der Waals surface area (Å²) in [5, 5.41) is 10.6. The average Bonchev–Trinajstić information content (AvgIpc) is 2.75. The molecule has 1 atom stereocenters. The number of ether oxygens (including phenoxy) is 1. The summed E-state index contributed by atoms with van der Waals surface area (Å²) < 4.78 is 5.15. The van der Waals surface area contributed by atoms with Gasteiger partial charge in [0.2, 0.25) is 0 Å². The molecule has 0 amide bonds. The summed E-state index contributed by atoms with van der Waals surface area (Å²) in [7, 11) is 1.98. The molecule has 0 spiro atoms. The Bertz CT molecular complexity index is 489. The van der Waals surface area contributed by atoms with Gasteiger partial charge in [-0.3, -0.25) is 14.9 Å². The number of hydrogen-bond acceptors (Lipinski definition) is 5. The van der Waals surface area contributed by atoms with Crippen LogP contribution in [-0.2, 0) is 4.79 Å². The lowest BCUT2D eigenvalue weighted by atomic mass is 10.1. The van der Waals surface area contributed by atoms with Gasteiger partial charge in [-0.05, 0) is 32.5 Å². The maximum absolute atomic E-state index is 11.8. The molecule has 0 saturated carbocycles. The summed E-state index contributed by atoms with van der Waals surface area (Å²) in [4.78, 5) is 24.0. The van der Waals surface area contributed by atoms with Crippen LogP contribution in [0.5, 0.6) is 5.75 Å². The number of nitro groups is 1.